The predicted octanol–water partition coefficient (Wildman–Crippen LogP) is 5.47. The van der Waals surface area contributed by atoms with Crippen LogP contribution in [0.15, 0.2) is 91.0 Å². The fraction of sp³-hybridized carbons (Fsp3) is 0.286. The van der Waals surface area contributed by atoms with E-state index in [9.17, 15) is 0 Å². The molecule has 3 aromatic rings. The van der Waals surface area contributed by atoms with E-state index in [1.54, 1.807) is 0 Å². The molecule has 3 aromatic carbocycles. The number of nitrogens with one attached hydrogen (secondary N) is 1. The summed E-state index contributed by atoms with van der Waals surface area (Å²) in [5.74, 6) is 7.16. The third-order valence-corrected chi connectivity index (χ3v) is 6.64. The molecule has 1 fully saturated rings. The van der Waals surface area contributed by atoms with Gasteiger partial charge in [-0.2, -0.15) is 0 Å². The Morgan fingerprint density at radius 1 is 0.844 bits per heavy atom. The first kappa shape index (κ1) is 22.5. The SMILES string of the molecule is CCCCB1O[C@H](c2ccccc2)[C@H](c2ccccc2)[NH+]1[B-](C)(C)C#Cc1ccccc1. The van der Waals surface area contributed by atoms with Crippen LogP contribution >= 0.6 is 0 Å². The van der Waals surface area contributed by atoms with Crippen molar-refractivity contribution in [3.8, 4) is 11.7 Å². The maximum absolute atomic E-state index is 6.88. The normalized spacial score (nSPS) is 20.6. The molecule has 1 unspecified atom stereocenters. The average Bonchev–Trinajstić information content (AvgIpc) is 3.24. The maximum Gasteiger partial charge on any atom is 0.528 e. The second-order valence-corrected chi connectivity index (χ2v) is 9.50. The van der Waals surface area contributed by atoms with Crippen molar-refractivity contribution in [1.29, 1.82) is 0 Å². The fourth-order valence-corrected chi connectivity index (χ4v) is 5.06. The molecule has 0 saturated carbocycles. The molecule has 0 spiro atoms. The van der Waals surface area contributed by atoms with Crippen LogP contribution in [0.25, 0.3) is 0 Å². The lowest BCUT2D eigenvalue weighted by atomic mass is 9.34. The van der Waals surface area contributed by atoms with Gasteiger partial charge in [-0.25, -0.2) is 5.82 Å². The van der Waals surface area contributed by atoms with Gasteiger partial charge in [-0.3, -0.25) is 0 Å². The highest BCUT2D eigenvalue weighted by atomic mass is 16.5. The van der Waals surface area contributed by atoms with Crippen LogP contribution in [0, 0.1) is 11.7 Å². The molecule has 0 aliphatic carbocycles. The van der Waals surface area contributed by atoms with Crippen LogP contribution < -0.4 is 4.72 Å². The van der Waals surface area contributed by atoms with E-state index < -0.39 is 6.28 Å². The molecule has 3 atom stereocenters. The standard InChI is InChI=1S/C28H33B2NO/c1-4-5-22-29-31(30(2,3)23-21-24-15-9-6-10-16-24)27(25-17-11-7-12-18-25)28(32-29)26-19-13-8-14-20-26/h6-20,27-28,31H,4-5,22H2,1-3H3/t27-,28+/m0/s1. The van der Waals surface area contributed by atoms with Crippen molar-refractivity contribution in [1.82, 2.24) is 0 Å². The molecular weight excluding hydrogens is 388 g/mol. The van der Waals surface area contributed by atoms with Gasteiger partial charge in [0.2, 0.25) is 0 Å². The number of quaternary nitrogens is 1. The summed E-state index contributed by atoms with van der Waals surface area (Å²) in [6, 6.07) is 32.1. The zero-order valence-electron chi connectivity index (χ0n) is 19.5. The van der Waals surface area contributed by atoms with Crippen LogP contribution in [0.1, 0.15) is 48.6 Å². The second-order valence-electron chi connectivity index (χ2n) is 9.50. The van der Waals surface area contributed by atoms with Crippen molar-refractivity contribution >= 4 is 13.3 Å². The largest absolute Gasteiger partial charge is 0.556 e. The van der Waals surface area contributed by atoms with Crippen LogP contribution in [0.4, 0.5) is 0 Å². The summed E-state index contributed by atoms with van der Waals surface area (Å²) in [6.07, 6.45) is 2.33. The molecule has 1 N–H and O–H groups in total. The Labute approximate surface area is 194 Å². The number of hydrogen-bond donors (Lipinski definition) is 1. The Bertz CT molecular complexity index is 1040. The molecule has 1 aliphatic heterocycles. The molecule has 1 heterocycles. The lowest BCUT2D eigenvalue weighted by Gasteiger charge is -2.43. The Hall–Kier alpha value is -2.73. The highest BCUT2D eigenvalue weighted by molar-refractivity contribution is 6.81. The average molecular weight is 421 g/mol. The van der Waals surface area contributed by atoms with Gasteiger partial charge in [0, 0.05) is 17.4 Å². The lowest BCUT2D eigenvalue weighted by Crippen LogP contribution is -3.25. The zero-order chi connectivity index (χ0) is 22.4. The summed E-state index contributed by atoms with van der Waals surface area (Å²) in [5, 5.41) is 0. The summed E-state index contributed by atoms with van der Waals surface area (Å²) >= 11 is 0. The zero-order valence-corrected chi connectivity index (χ0v) is 19.5. The second kappa shape index (κ2) is 10.3. The molecule has 162 valence electrons. The van der Waals surface area contributed by atoms with Crippen LogP contribution in [0.2, 0.25) is 20.0 Å². The first-order valence-electron chi connectivity index (χ1n) is 12.0. The first-order valence-corrected chi connectivity index (χ1v) is 12.0. The van der Waals surface area contributed by atoms with Crippen molar-refractivity contribution in [3.05, 3.63) is 108 Å². The van der Waals surface area contributed by atoms with Gasteiger partial charge in [0.05, 0.1) is 6.04 Å². The quantitative estimate of drug-likeness (QED) is 0.412. The predicted molar refractivity (Wildman–Crippen MR) is 137 cm³/mol. The Kier molecular flexibility index (Phi) is 7.20. The van der Waals surface area contributed by atoms with Gasteiger partial charge < -0.3 is 9.38 Å². The van der Waals surface area contributed by atoms with Crippen molar-refractivity contribution in [3.63, 3.8) is 0 Å². The van der Waals surface area contributed by atoms with E-state index >= 15 is 0 Å². The molecule has 4 heteroatoms. The highest BCUT2D eigenvalue weighted by Crippen LogP contribution is 2.36. The molecule has 0 radical (unpaired) electrons. The molecule has 0 aromatic heterocycles. The smallest absolute Gasteiger partial charge is 0.528 e. The lowest BCUT2D eigenvalue weighted by molar-refractivity contribution is -0.710. The highest BCUT2D eigenvalue weighted by Gasteiger charge is 2.52. The molecule has 0 bridgehead atoms. The van der Waals surface area contributed by atoms with Crippen molar-refractivity contribution < 1.29 is 9.38 Å². The summed E-state index contributed by atoms with van der Waals surface area (Å²) in [6.45, 7) is 6.91. The molecule has 4 rings (SSSR count). The van der Waals surface area contributed by atoms with Gasteiger partial charge >= 0.3 is 7.05 Å². The third kappa shape index (κ3) is 5.01. The Balaban J connectivity index is 1.78. The Morgan fingerprint density at radius 3 is 2.00 bits per heavy atom. The first-order chi connectivity index (χ1) is 15.6. The fourth-order valence-electron chi connectivity index (χ4n) is 5.06. The van der Waals surface area contributed by atoms with E-state index in [1.165, 1.54) is 22.3 Å². The minimum absolute atomic E-state index is 0.0233. The van der Waals surface area contributed by atoms with E-state index in [4.69, 9.17) is 4.65 Å². The van der Waals surface area contributed by atoms with E-state index in [0.29, 0.717) is 0 Å². The van der Waals surface area contributed by atoms with Gasteiger partial charge in [0.25, 0.3) is 6.28 Å². The van der Waals surface area contributed by atoms with Crippen molar-refractivity contribution in [2.24, 2.45) is 0 Å². The number of unbranched alkanes of at least 4 members (excludes halogenated alkanes) is 1. The monoisotopic (exact) mass is 421 g/mol. The molecule has 2 nitrogen and oxygen atoms in total. The number of rotatable bonds is 6. The van der Waals surface area contributed by atoms with Gasteiger partial charge in [-0.05, 0) is 17.7 Å². The van der Waals surface area contributed by atoms with Crippen LogP contribution in [-0.4, -0.2) is 13.3 Å². The number of hydrogen-bond acceptors (Lipinski definition) is 1. The van der Waals surface area contributed by atoms with Gasteiger partial charge in [0.1, 0.15) is 6.10 Å². The van der Waals surface area contributed by atoms with Crippen molar-refractivity contribution in [2.45, 2.75) is 51.9 Å². The van der Waals surface area contributed by atoms with E-state index in [0.717, 1.165) is 18.3 Å². The minimum atomic E-state index is -1.08. The third-order valence-electron chi connectivity index (χ3n) is 6.64. The number of benzene rings is 3. The summed E-state index contributed by atoms with van der Waals surface area (Å²) < 4.78 is 8.35. The molecule has 1 aliphatic rings. The minimum Gasteiger partial charge on any atom is -0.556 e. The van der Waals surface area contributed by atoms with Gasteiger partial charge in [-0.1, -0.05) is 98.6 Å². The van der Waals surface area contributed by atoms with Crippen LogP contribution in [0.5, 0.6) is 0 Å². The van der Waals surface area contributed by atoms with Crippen LogP contribution in [0.3, 0.4) is 0 Å². The molecular formula is C28H33B2NO. The van der Waals surface area contributed by atoms with Gasteiger partial charge in [0.15, 0.2) is 0 Å². The van der Waals surface area contributed by atoms with Gasteiger partial charge in [-0.15, -0.1) is 19.6 Å². The van der Waals surface area contributed by atoms with E-state index in [-0.39, 0.29) is 19.2 Å². The van der Waals surface area contributed by atoms with Crippen LogP contribution in [-0.2, 0) is 4.65 Å². The molecule has 1 saturated heterocycles. The molecule has 32 heavy (non-hydrogen) atoms. The maximum atomic E-state index is 6.88. The topological polar surface area (TPSA) is 13.7 Å². The van der Waals surface area contributed by atoms with Crippen molar-refractivity contribution in [2.75, 3.05) is 0 Å². The Morgan fingerprint density at radius 2 is 1.41 bits per heavy atom. The molecule has 0 amide bonds. The summed E-state index contributed by atoms with van der Waals surface area (Å²) in [4.78, 5) is 0. The summed E-state index contributed by atoms with van der Waals surface area (Å²) in [5.41, 5.74) is 3.65. The summed E-state index contributed by atoms with van der Waals surface area (Å²) in [7, 11) is 0.130. The van der Waals surface area contributed by atoms with E-state index in [2.05, 4.69) is 117 Å². The van der Waals surface area contributed by atoms with E-state index in [1.807, 2.05) is 6.07 Å².